The van der Waals surface area contributed by atoms with Crippen LogP contribution >= 0.6 is 0 Å². The van der Waals surface area contributed by atoms with Gasteiger partial charge in [-0.25, -0.2) is 4.79 Å². The van der Waals surface area contributed by atoms with Crippen molar-refractivity contribution in [3.63, 3.8) is 0 Å². The van der Waals surface area contributed by atoms with Gasteiger partial charge in [-0.1, -0.05) is 6.07 Å². The SMILES string of the molecule is COC(=O)c1ccc(-c2ccc(NCc3cccnc3)cc2)o1. The Morgan fingerprint density at radius 3 is 2.70 bits per heavy atom. The molecule has 0 aliphatic carbocycles. The minimum Gasteiger partial charge on any atom is -0.463 e. The van der Waals surface area contributed by atoms with Gasteiger partial charge in [0.25, 0.3) is 0 Å². The van der Waals surface area contributed by atoms with Crippen LogP contribution in [-0.2, 0) is 11.3 Å². The van der Waals surface area contributed by atoms with Crippen molar-refractivity contribution in [2.24, 2.45) is 0 Å². The Bertz CT molecular complexity index is 780. The minimum absolute atomic E-state index is 0.196. The summed E-state index contributed by atoms with van der Waals surface area (Å²) in [6.45, 7) is 0.709. The highest BCUT2D eigenvalue weighted by atomic mass is 16.5. The van der Waals surface area contributed by atoms with Gasteiger partial charge in [0, 0.05) is 30.2 Å². The fraction of sp³-hybridized carbons (Fsp3) is 0.111. The average molecular weight is 308 g/mol. The summed E-state index contributed by atoms with van der Waals surface area (Å²) in [5.74, 6) is 0.344. The molecule has 0 saturated heterocycles. The van der Waals surface area contributed by atoms with E-state index in [1.54, 1.807) is 18.3 Å². The number of nitrogens with one attached hydrogen (secondary N) is 1. The first-order chi connectivity index (χ1) is 11.3. The molecule has 0 aliphatic rings. The van der Waals surface area contributed by atoms with Crippen LogP contribution in [-0.4, -0.2) is 18.1 Å². The van der Waals surface area contributed by atoms with Gasteiger partial charge in [0.05, 0.1) is 7.11 Å². The fourth-order valence-corrected chi connectivity index (χ4v) is 2.16. The number of carbonyl (C=O) groups is 1. The molecule has 0 aliphatic heterocycles. The summed E-state index contributed by atoms with van der Waals surface area (Å²) in [5, 5.41) is 3.33. The van der Waals surface area contributed by atoms with Crippen molar-refractivity contribution in [3.05, 3.63) is 72.2 Å². The summed E-state index contributed by atoms with van der Waals surface area (Å²) in [7, 11) is 1.33. The maximum atomic E-state index is 11.4. The number of nitrogens with zero attached hydrogens (tertiary/aromatic N) is 1. The molecule has 23 heavy (non-hydrogen) atoms. The molecule has 0 atom stereocenters. The smallest absolute Gasteiger partial charge is 0.373 e. The number of aromatic nitrogens is 1. The normalized spacial score (nSPS) is 10.3. The number of ether oxygens (including phenoxy) is 1. The number of furan rings is 1. The molecule has 1 aromatic carbocycles. The summed E-state index contributed by atoms with van der Waals surface area (Å²) < 4.78 is 10.1. The Morgan fingerprint density at radius 1 is 1.17 bits per heavy atom. The minimum atomic E-state index is -0.481. The number of pyridine rings is 1. The van der Waals surface area contributed by atoms with Crippen LogP contribution in [0.15, 0.2) is 65.3 Å². The quantitative estimate of drug-likeness (QED) is 0.727. The predicted molar refractivity (Wildman–Crippen MR) is 87.0 cm³/mol. The van der Waals surface area contributed by atoms with E-state index < -0.39 is 5.97 Å². The van der Waals surface area contributed by atoms with Crippen molar-refractivity contribution in [1.82, 2.24) is 4.98 Å². The van der Waals surface area contributed by atoms with E-state index in [0.717, 1.165) is 16.8 Å². The van der Waals surface area contributed by atoms with Crippen LogP contribution in [0.3, 0.4) is 0 Å². The third kappa shape index (κ3) is 3.58. The van der Waals surface area contributed by atoms with Crippen LogP contribution in [0.25, 0.3) is 11.3 Å². The van der Waals surface area contributed by atoms with Gasteiger partial charge < -0.3 is 14.5 Å². The Morgan fingerprint density at radius 2 is 2.00 bits per heavy atom. The molecule has 0 unspecified atom stereocenters. The van der Waals surface area contributed by atoms with E-state index in [-0.39, 0.29) is 5.76 Å². The molecule has 0 bridgehead atoms. The molecule has 3 aromatic rings. The van der Waals surface area contributed by atoms with E-state index in [9.17, 15) is 4.79 Å². The van der Waals surface area contributed by atoms with Crippen LogP contribution in [0.4, 0.5) is 5.69 Å². The number of esters is 1. The first kappa shape index (κ1) is 14.8. The van der Waals surface area contributed by atoms with Crippen molar-refractivity contribution in [2.75, 3.05) is 12.4 Å². The van der Waals surface area contributed by atoms with Crippen LogP contribution < -0.4 is 5.32 Å². The Labute approximate surface area is 133 Å². The summed E-state index contributed by atoms with van der Waals surface area (Å²) in [6, 6.07) is 15.1. The molecule has 0 saturated carbocycles. The third-order valence-corrected chi connectivity index (χ3v) is 3.38. The summed E-state index contributed by atoms with van der Waals surface area (Å²) in [5.41, 5.74) is 3.01. The number of carbonyl (C=O) groups excluding carboxylic acids is 1. The predicted octanol–water partition coefficient (Wildman–Crippen LogP) is 3.74. The standard InChI is InChI=1S/C18H16N2O3/c1-22-18(21)17-9-8-16(23-17)14-4-6-15(7-5-14)20-12-13-3-2-10-19-11-13/h2-11,20H,12H2,1H3. The summed E-state index contributed by atoms with van der Waals surface area (Å²) in [4.78, 5) is 15.5. The largest absolute Gasteiger partial charge is 0.463 e. The number of rotatable bonds is 5. The van der Waals surface area contributed by atoms with E-state index in [1.807, 2.05) is 42.6 Å². The zero-order valence-corrected chi connectivity index (χ0v) is 12.7. The fourth-order valence-electron chi connectivity index (χ4n) is 2.16. The lowest BCUT2D eigenvalue weighted by molar-refractivity contribution is 0.0566. The number of methoxy groups -OCH3 is 1. The van der Waals surface area contributed by atoms with Gasteiger partial charge in [-0.3, -0.25) is 4.98 Å². The van der Waals surface area contributed by atoms with Crippen molar-refractivity contribution in [1.29, 1.82) is 0 Å². The van der Waals surface area contributed by atoms with E-state index in [4.69, 9.17) is 4.42 Å². The van der Waals surface area contributed by atoms with Gasteiger partial charge in [-0.2, -0.15) is 0 Å². The van der Waals surface area contributed by atoms with Gasteiger partial charge in [-0.05, 0) is 48.0 Å². The molecular weight excluding hydrogens is 292 g/mol. The number of hydrogen-bond acceptors (Lipinski definition) is 5. The third-order valence-electron chi connectivity index (χ3n) is 3.38. The molecule has 2 aromatic heterocycles. The Balaban J connectivity index is 1.67. The van der Waals surface area contributed by atoms with Crippen LogP contribution in [0.2, 0.25) is 0 Å². The van der Waals surface area contributed by atoms with Crippen molar-refractivity contribution in [2.45, 2.75) is 6.54 Å². The topological polar surface area (TPSA) is 64.4 Å². The molecule has 5 nitrogen and oxygen atoms in total. The lowest BCUT2D eigenvalue weighted by Crippen LogP contribution is -1.99. The van der Waals surface area contributed by atoms with E-state index in [2.05, 4.69) is 15.0 Å². The zero-order chi connectivity index (χ0) is 16.1. The Kier molecular flexibility index (Phi) is 4.38. The molecular formula is C18H16N2O3. The second-order valence-electron chi connectivity index (χ2n) is 4.95. The summed E-state index contributed by atoms with van der Waals surface area (Å²) in [6.07, 6.45) is 3.59. The molecule has 0 fully saturated rings. The van der Waals surface area contributed by atoms with E-state index in [0.29, 0.717) is 12.3 Å². The molecule has 0 radical (unpaired) electrons. The highest BCUT2D eigenvalue weighted by Gasteiger charge is 2.12. The molecule has 5 heteroatoms. The first-order valence-electron chi connectivity index (χ1n) is 7.17. The van der Waals surface area contributed by atoms with Gasteiger partial charge >= 0.3 is 5.97 Å². The molecule has 3 rings (SSSR count). The summed E-state index contributed by atoms with van der Waals surface area (Å²) >= 11 is 0. The molecule has 116 valence electrons. The van der Waals surface area contributed by atoms with Gasteiger partial charge in [0.2, 0.25) is 5.76 Å². The number of anilines is 1. The van der Waals surface area contributed by atoms with Crippen LogP contribution in [0.5, 0.6) is 0 Å². The maximum Gasteiger partial charge on any atom is 0.373 e. The van der Waals surface area contributed by atoms with Crippen molar-refractivity contribution in [3.8, 4) is 11.3 Å². The first-order valence-corrected chi connectivity index (χ1v) is 7.17. The Hall–Kier alpha value is -3.08. The maximum absolute atomic E-state index is 11.4. The second-order valence-corrected chi connectivity index (χ2v) is 4.95. The van der Waals surface area contributed by atoms with Crippen molar-refractivity contribution >= 4 is 11.7 Å². The average Bonchev–Trinajstić information content (AvgIpc) is 3.11. The molecule has 2 heterocycles. The molecule has 0 spiro atoms. The second kappa shape index (κ2) is 6.79. The monoisotopic (exact) mass is 308 g/mol. The van der Waals surface area contributed by atoms with E-state index >= 15 is 0 Å². The number of hydrogen-bond donors (Lipinski definition) is 1. The van der Waals surface area contributed by atoms with Crippen LogP contribution in [0.1, 0.15) is 16.1 Å². The van der Waals surface area contributed by atoms with Gasteiger partial charge in [0.15, 0.2) is 0 Å². The van der Waals surface area contributed by atoms with Crippen LogP contribution in [0, 0.1) is 0 Å². The lowest BCUT2D eigenvalue weighted by Gasteiger charge is -2.06. The molecule has 0 amide bonds. The highest BCUT2D eigenvalue weighted by molar-refractivity contribution is 5.87. The number of benzene rings is 1. The molecule has 1 N–H and O–H groups in total. The van der Waals surface area contributed by atoms with Crippen molar-refractivity contribution < 1.29 is 13.9 Å². The lowest BCUT2D eigenvalue weighted by atomic mass is 10.1. The van der Waals surface area contributed by atoms with Gasteiger partial charge in [-0.15, -0.1) is 0 Å². The van der Waals surface area contributed by atoms with E-state index in [1.165, 1.54) is 7.11 Å². The van der Waals surface area contributed by atoms with Gasteiger partial charge in [0.1, 0.15) is 5.76 Å². The highest BCUT2D eigenvalue weighted by Crippen LogP contribution is 2.24. The zero-order valence-electron chi connectivity index (χ0n) is 12.7.